The lowest BCUT2D eigenvalue weighted by Crippen LogP contribution is -2.34. The van der Waals surface area contributed by atoms with Gasteiger partial charge in [0.05, 0.1) is 4.90 Å². The molecule has 3 nitrogen and oxygen atoms in total. The summed E-state index contributed by atoms with van der Waals surface area (Å²) in [5.74, 6) is 0.455. The van der Waals surface area contributed by atoms with E-state index < -0.39 is 10.0 Å². The third-order valence-electron chi connectivity index (χ3n) is 3.04. The van der Waals surface area contributed by atoms with Crippen molar-refractivity contribution in [3.63, 3.8) is 0 Å². The summed E-state index contributed by atoms with van der Waals surface area (Å²) in [5.41, 5.74) is 1.16. The van der Waals surface area contributed by atoms with Gasteiger partial charge in [0.15, 0.2) is 0 Å². The summed E-state index contributed by atoms with van der Waals surface area (Å²) in [6, 6.07) is 6.99. The highest BCUT2D eigenvalue weighted by Gasteiger charge is 2.18. The summed E-state index contributed by atoms with van der Waals surface area (Å²) in [4.78, 5) is 0.320. The van der Waals surface area contributed by atoms with Crippen LogP contribution in [0, 0.1) is 0 Å². The van der Waals surface area contributed by atoms with Gasteiger partial charge in [-0.2, -0.15) is 0 Å². The fourth-order valence-corrected chi connectivity index (χ4v) is 3.51. The Morgan fingerprint density at radius 3 is 2.32 bits per heavy atom. The number of rotatable bonds is 8. The number of hydrogen-bond donors (Lipinski definition) is 1. The molecule has 108 valence electrons. The Balaban J connectivity index is 2.81. The standard InChI is InChI=1S/C14H22ClNO2S/c1-3-5-12-6-8-14(9-7-12)19(17,18)16-13(4-2)10-11-15/h6-9,13,16H,3-5,10-11H2,1-2H3. The van der Waals surface area contributed by atoms with Crippen LogP contribution in [0.1, 0.15) is 38.7 Å². The largest absolute Gasteiger partial charge is 0.240 e. The molecule has 0 aliphatic rings. The minimum Gasteiger partial charge on any atom is -0.208 e. The Bertz CT molecular complexity index is 471. The molecule has 1 aromatic rings. The average Bonchev–Trinajstić information content (AvgIpc) is 2.39. The van der Waals surface area contributed by atoms with Crippen LogP contribution in [-0.2, 0) is 16.4 Å². The summed E-state index contributed by atoms with van der Waals surface area (Å²) in [6.45, 7) is 4.05. The van der Waals surface area contributed by atoms with E-state index in [4.69, 9.17) is 11.6 Å². The smallest absolute Gasteiger partial charge is 0.208 e. The van der Waals surface area contributed by atoms with Crippen molar-refractivity contribution in [3.05, 3.63) is 29.8 Å². The SMILES string of the molecule is CCCc1ccc(S(=O)(=O)NC(CC)CCCl)cc1. The lowest BCUT2D eigenvalue weighted by atomic mass is 10.1. The number of halogens is 1. The number of sulfonamides is 1. The molecule has 0 bridgehead atoms. The van der Waals surface area contributed by atoms with Gasteiger partial charge in [-0.15, -0.1) is 11.6 Å². The fraction of sp³-hybridized carbons (Fsp3) is 0.571. The fourth-order valence-electron chi connectivity index (χ4n) is 1.89. The predicted molar refractivity (Wildman–Crippen MR) is 80.2 cm³/mol. The second kappa shape index (κ2) is 7.88. The van der Waals surface area contributed by atoms with E-state index in [1.165, 1.54) is 0 Å². The van der Waals surface area contributed by atoms with E-state index in [2.05, 4.69) is 11.6 Å². The van der Waals surface area contributed by atoms with E-state index in [0.717, 1.165) is 24.8 Å². The van der Waals surface area contributed by atoms with Crippen molar-refractivity contribution in [3.8, 4) is 0 Å². The Morgan fingerprint density at radius 2 is 1.84 bits per heavy atom. The normalized spacial score (nSPS) is 13.4. The van der Waals surface area contributed by atoms with Gasteiger partial charge in [-0.25, -0.2) is 13.1 Å². The van der Waals surface area contributed by atoms with E-state index in [-0.39, 0.29) is 6.04 Å². The van der Waals surface area contributed by atoms with E-state index in [9.17, 15) is 8.42 Å². The maximum atomic E-state index is 12.2. The van der Waals surface area contributed by atoms with Crippen molar-refractivity contribution in [2.24, 2.45) is 0 Å². The first-order valence-corrected chi connectivity index (χ1v) is 8.72. The zero-order chi connectivity index (χ0) is 14.3. The lowest BCUT2D eigenvalue weighted by Gasteiger charge is -2.16. The van der Waals surface area contributed by atoms with Crippen LogP contribution in [0.2, 0.25) is 0 Å². The van der Waals surface area contributed by atoms with E-state index in [1.807, 2.05) is 19.1 Å². The number of alkyl halides is 1. The van der Waals surface area contributed by atoms with Gasteiger partial charge < -0.3 is 0 Å². The molecule has 1 N–H and O–H groups in total. The first kappa shape index (κ1) is 16.5. The van der Waals surface area contributed by atoms with E-state index >= 15 is 0 Å². The van der Waals surface area contributed by atoms with Crippen LogP contribution in [0.15, 0.2) is 29.2 Å². The van der Waals surface area contributed by atoms with Crippen molar-refractivity contribution in [1.82, 2.24) is 4.72 Å². The molecule has 0 heterocycles. The van der Waals surface area contributed by atoms with Gasteiger partial charge in [-0.05, 0) is 37.0 Å². The molecule has 0 saturated heterocycles. The predicted octanol–water partition coefficient (Wildman–Crippen LogP) is 3.32. The Labute approximate surface area is 121 Å². The maximum Gasteiger partial charge on any atom is 0.240 e. The molecule has 0 aliphatic carbocycles. The molecule has 19 heavy (non-hydrogen) atoms. The monoisotopic (exact) mass is 303 g/mol. The third kappa shape index (κ3) is 5.13. The van der Waals surface area contributed by atoms with Gasteiger partial charge in [0, 0.05) is 11.9 Å². The van der Waals surface area contributed by atoms with Crippen molar-refractivity contribution in [1.29, 1.82) is 0 Å². The van der Waals surface area contributed by atoms with Crippen molar-refractivity contribution in [2.75, 3.05) is 5.88 Å². The van der Waals surface area contributed by atoms with Gasteiger partial charge >= 0.3 is 0 Å². The van der Waals surface area contributed by atoms with Gasteiger partial charge in [0.1, 0.15) is 0 Å². The first-order valence-electron chi connectivity index (χ1n) is 6.70. The average molecular weight is 304 g/mol. The van der Waals surface area contributed by atoms with Gasteiger partial charge in [-0.3, -0.25) is 0 Å². The second-order valence-corrected chi connectivity index (χ2v) is 6.69. The molecular weight excluding hydrogens is 282 g/mol. The van der Waals surface area contributed by atoms with Crippen LogP contribution < -0.4 is 4.72 Å². The Hall–Kier alpha value is -0.580. The summed E-state index contributed by atoms with van der Waals surface area (Å²) in [7, 11) is -3.43. The maximum absolute atomic E-state index is 12.2. The Kier molecular flexibility index (Phi) is 6.83. The van der Waals surface area contributed by atoms with Crippen LogP contribution in [0.25, 0.3) is 0 Å². The van der Waals surface area contributed by atoms with E-state index in [0.29, 0.717) is 17.2 Å². The summed E-state index contributed by atoms with van der Waals surface area (Å²) >= 11 is 5.67. The van der Waals surface area contributed by atoms with Gasteiger partial charge in [-0.1, -0.05) is 32.4 Å². The number of hydrogen-bond acceptors (Lipinski definition) is 2. The molecule has 0 aliphatic heterocycles. The number of nitrogens with one attached hydrogen (secondary N) is 1. The van der Waals surface area contributed by atoms with Crippen LogP contribution in [0.5, 0.6) is 0 Å². The zero-order valence-corrected chi connectivity index (χ0v) is 13.1. The molecule has 5 heteroatoms. The molecule has 0 saturated carbocycles. The summed E-state index contributed by atoms with van der Waals surface area (Å²) < 4.78 is 27.1. The quantitative estimate of drug-likeness (QED) is 0.749. The minimum absolute atomic E-state index is 0.0992. The topological polar surface area (TPSA) is 46.2 Å². The van der Waals surface area contributed by atoms with Crippen LogP contribution in [-0.4, -0.2) is 20.3 Å². The number of benzene rings is 1. The molecular formula is C14H22ClNO2S. The van der Waals surface area contributed by atoms with Crippen LogP contribution >= 0.6 is 11.6 Å². The highest BCUT2D eigenvalue weighted by atomic mass is 35.5. The van der Waals surface area contributed by atoms with Crippen molar-refractivity contribution in [2.45, 2.75) is 50.5 Å². The molecule has 1 rings (SSSR count). The minimum atomic E-state index is -3.43. The second-order valence-electron chi connectivity index (χ2n) is 4.60. The highest BCUT2D eigenvalue weighted by Crippen LogP contribution is 2.13. The molecule has 0 fully saturated rings. The van der Waals surface area contributed by atoms with Crippen molar-refractivity contribution < 1.29 is 8.42 Å². The van der Waals surface area contributed by atoms with E-state index in [1.54, 1.807) is 12.1 Å². The molecule has 0 spiro atoms. The van der Waals surface area contributed by atoms with Gasteiger partial charge in [0.2, 0.25) is 10.0 Å². The first-order chi connectivity index (χ1) is 9.03. The Morgan fingerprint density at radius 1 is 1.21 bits per heavy atom. The molecule has 0 amide bonds. The molecule has 1 atom stereocenters. The summed E-state index contributed by atoms with van der Waals surface area (Å²) in [5, 5.41) is 0. The van der Waals surface area contributed by atoms with Crippen LogP contribution in [0.4, 0.5) is 0 Å². The molecule has 1 unspecified atom stereocenters. The lowest BCUT2D eigenvalue weighted by molar-refractivity contribution is 0.531. The molecule has 0 aromatic heterocycles. The molecule has 0 radical (unpaired) electrons. The summed E-state index contributed by atoms with van der Waals surface area (Å²) in [6.07, 6.45) is 3.40. The third-order valence-corrected chi connectivity index (χ3v) is 4.80. The molecule has 1 aromatic carbocycles. The van der Waals surface area contributed by atoms with Crippen LogP contribution in [0.3, 0.4) is 0 Å². The van der Waals surface area contributed by atoms with Crippen molar-refractivity contribution >= 4 is 21.6 Å². The number of aryl methyl sites for hydroxylation is 1. The van der Waals surface area contributed by atoms with Gasteiger partial charge in [0.25, 0.3) is 0 Å². The highest BCUT2D eigenvalue weighted by molar-refractivity contribution is 7.89. The zero-order valence-electron chi connectivity index (χ0n) is 11.5.